The van der Waals surface area contributed by atoms with Crippen molar-refractivity contribution in [1.82, 2.24) is 14.6 Å². The molecule has 0 aliphatic carbocycles. The number of carbonyl (C=O) groups excluding carboxylic acids is 1. The molecular formula is C9H11N3OS. The van der Waals surface area contributed by atoms with Crippen molar-refractivity contribution in [2.24, 2.45) is 0 Å². The van der Waals surface area contributed by atoms with Crippen LogP contribution >= 0.6 is 11.3 Å². The van der Waals surface area contributed by atoms with E-state index in [1.165, 1.54) is 11.3 Å². The van der Waals surface area contributed by atoms with Crippen molar-refractivity contribution >= 4 is 22.6 Å². The molecule has 0 unspecified atom stereocenters. The predicted octanol–water partition coefficient (Wildman–Crippen LogP) is 1.86. The lowest BCUT2D eigenvalue weighted by Crippen LogP contribution is -1.96. The van der Waals surface area contributed by atoms with E-state index < -0.39 is 0 Å². The molecule has 0 atom stereocenters. The maximum absolute atomic E-state index is 10.9. The van der Waals surface area contributed by atoms with Crippen LogP contribution in [-0.2, 0) is 6.42 Å². The molecule has 0 N–H and O–H groups in total. The SMILES string of the molecule is CCCc1nc2sc(C)nn2c1C=O. The van der Waals surface area contributed by atoms with Gasteiger partial charge in [0.1, 0.15) is 10.7 Å². The number of hydrogen-bond donors (Lipinski definition) is 0. The molecule has 0 amide bonds. The van der Waals surface area contributed by atoms with E-state index in [0.717, 1.165) is 34.8 Å². The van der Waals surface area contributed by atoms with Crippen molar-refractivity contribution in [2.45, 2.75) is 26.7 Å². The van der Waals surface area contributed by atoms with Gasteiger partial charge in [0.05, 0.1) is 5.69 Å². The maximum Gasteiger partial charge on any atom is 0.213 e. The van der Waals surface area contributed by atoms with E-state index in [-0.39, 0.29) is 0 Å². The highest BCUT2D eigenvalue weighted by molar-refractivity contribution is 7.16. The Morgan fingerprint density at radius 3 is 3.00 bits per heavy atom. The van der Waals surface area contributed by atoms with E-state index in [9.17, 15) is 4.79 Å². The fraction of sp³-hybridized carbons (Fsp3) is 0.444. The molecule has 0 saturated carbocycles. The number of imidazole rings is 1. The molecule has 2 aromatic heterocycles. The first-order chi connectivity index (χ1) is 6.76. The second kappa shape index (κ2) is 3.49. The van der Waals surface area contributed by atoms with Gasteiger partial charge >= 0.3 is 0 Å². The average molecular weight is 209 g/mol. The van der Waals surface area contributed by atoms with Gasteiger partial charge in [0.15, 0.2) is 6.29 Å². The van der Waals surface area contributed by atoms with Crippen LogP contribution in [0.1, 0.15) is 34.5 Å². The quantitative estimate of drug-likeness (QED) is 0.725. The molecule has 0 saturated heterocycles. The Morgan fingerprint density at radius 1 is 1.57 bits per heavy atom. The smallest absolute Gasteiger partial charge is 0.213 e. The summed E-state index contributed by atoms with van der Waals surface area (Å²) in [6.07, 6.45) is 2.66. The Labute approximate surface area is 85.6 Å². The van der Waals surface area contributed by atoms with E-state index in [1.807, 2.05) is 6.92 Å². The van der Waals surface area contributed by atoms with Gasteiger partial charge in [0, 0.05) is 0 Å². The monoisotopic (exact) mass is 209 g/mol. The molecule has 14 heavy (non-hydrogen) atoms. The Kier molecular flexibility index (Phi) is 2.33. The van der Waals surface area contributed by atoms with Gasteiger partial charge in [0.2, 0.25) is 4.96 Å². The minimum Gasteiger partial charge on any atom is -0.296 e. The molecule has 2 rings (SSSR count). The third-order valence-electron chi connectivity index (χ3n) is 2.01. The molecule has 74 valence electrons. The van der Waals surface area contributed by atoms with Crippen molar-refractivity contribution in [2.75, 3.05) is 0 Å². The van der Waals surface area contributed by atoms with Gasteiger partial charge in [-0.05, 0) is 13.3 Å². The summed E-state index contributed by atoms with van der Waals surface area (Å²) in [6.45, 7) is 3.98. The Bertz CT molecular complexity index is 472. The van der Waals surface area contributed by atoms with E-state index in [1.54, 1.807) is 4.52 Å². The van der Waals surface area contributed by atoms with Gasteiger partial charge in [0.25, 0.3) is 0 Å². The first-order valence-electron chi connectivity index (χ1n) is 4.56. The first-order valence-corrected chi connectivity index (χ1v) is 5.38. The second-order valence-corrected chi connectivity index (χ2v) is 4.29. The summed E-state index contributed by atoms with van der Waals surface area (Å²) in [5.41, 5.74) is 1.47. The third-order valence-corrected chi connectivity index (χ3v) is 2.84. The molecule has 0 fully saturated rings. The van der Waals surface area contributed by atoms with Crippen molar-refractivity contribution < 1.29 is 4.79 Å². The van der Waals surface area contributed by atoms with Gasteiger partial charge in [-0.2, -0.15) is 9.61 Å². The summed E-state index contributed by atoms with van der Waals surface area (Å²) in [5.74, 6) is 0. The van der Waals surface area contributed by atoms with E-state index in [2.05, 4.69) is 17.0 Å². The van der Waals surface area contributed by atoms with Crippen LogP contribution in [0, 0.1) is 6.92 Å². The Balaban J connectivity index is 2.62. The average Bonchev–Trinajstić information content (AvgIpc) is 2.61. The van der Waals surface area contributed by atoms with Gasteiger partial charge in [-0.1, -0.05) is 24.7 Å². The van der Waals surface area contributed by atoms with Crippen LogP contribution in [0.4, 0.5) is 0 Å². The van der Waals surface area contributed by atoms with Crippen molar-refractivity contribution in [3.05, 3.63) is 16.4 Å². The maximum atomic E-state index is 10.9. The molecule has 2 heterocycles. The minimum absolute atomic E-state index is 0.603. The van der Waals surface area contributed by atoms with Gasteiger partial charge in [-0.3, -0.25) is 4.79 Å². The molecule has 5 heteroatoms. The van der Waals surface area contributed by atoms with Crippen LogP contribution in [0.25, 0.3) is 4.96 Å². The summed E-state index contributed by atoms with van der Waals surface area (Å²) in [6, 6.07) is 0. The number of rotatable bonds is 3. The molecule has 0 bridgehead atoms. The molecule has 2 aromatic rings. The highest BCUT2D eigenvalue weighted by Gasteiger charge is 2.13. The molecule has 0 spiro atoms. The van der Waals surface area contributed by atoms with Crippen LogP contribution in [0.15, 0.2) is 0 Å². The van der Waals surface area contributed by atoms with Crippen LogP contribution in [0.3, 0.4) is 0 Å². The number of aryl methyl sites for hydroxylation is 2. The largest absolute Gasteiger partial charge is 0.296 e. The second-order valence-electron chi connectivity index (χ2n) is 3.13. The number of aldehydes is 1. The van der Waals surface area contributed by atoms with Crippen LogP contribution in [0.5, 0.6) is 0 Å². The fourth-order valence-electron chi connectivity index (χ4n) is 1.44. The minimum atomic E-state index is 0.603. The number of aromatic nitrogens is 3. The highest BCUT2D eigenvalue weighted by Crippen LogP contribution is 2.17. The molecular weight excluding hydrogens is 198 g/mol. The summed E-state index contributed by atoms with van der Waals surface area (Å²) in [5, 5.41) is 5.16. The van der Waals surface area contributed by atoms with Crippen LogP contribution < -0.4 is 0 Å². The number of fused-ring (bicyclic) bond motifs is 1. The zero-order chi connectivity index (χ0) is 10.1. The molecule has 0 aromatic carbocycles. The summed E-state index contributed by atoms with van der Waals surface area (Å²) in [7, 11) is 0. The van der Waals surface area contributed by atoms with Crippen LogP contribution in [0.2, 0.25) is 0 Å². The standard InChI is InChI=1S/C9H11N3OS/c1-3-4-7-8(5-13)12-9(10-7)14-6(2)11-12/h5H,3-4H2,1-2H3. The van der Waals surface area contributed by atoms with Crippen molar-refractivity contribution in [3.8, 4) is 0 Å². The lowest BCUT2D eigenvalue weighted by atomic mass is 10.2. The lowest BCUT2D eigenvalue weighted by molar-refractivity contribution is 0.111. The number of carbonyl (C=O) groups is 1. The number of hydrogen-bond acceptors (Lipinski definition) is 4. The summed E-state index contributed by atoms with van der Waals surface area (Å²) >= 11 is 1.51. The van der Waals surface area contributed by atoms with Crippen LogP contribution in [-0.4, -0.2) is 20.9 Å². The number of nitrogens with zero attached hydrogens (tertiary/aromatic N) is 3. The summed E-state index contributed by atoms with van der Waals surface area (Å²) < 4.78 is 1.64. The zero-order valence-corrected chi connectivity index (χ0v) is 8.97. The van der Waals surface area contributed by atoms with E-state index in [0.29, 0.717) is 5.69 Å². The fourth-order valence-corrected chi connectivity index (χ4v) is 2.21. The molecule has 0 aliphatic heterocycles. The lowest BCUT2D eigenvalue weighted by Gasteiger charge is -1.92. The Morgan fingerprint density at radius 2 is 2.36 bits per heavy atom. The zero-order valence-electron chi connectivity index (χ0n) is 8.15. The van der Waals surface area contributed by atoms with Crippen molar-refractivity contribution in [1.29, 1.82) is 0 Å². The van der Waals surface area contributed by atoms with Gasteiger partial charge < -0.3 is 0 Å². The third kappa shape index (κ3) is 1.33. The molecule has 4 nitrogen and oxygen atoms in total. The van der Waals surface area contributed by atoms with E-state index in [4.69, 9.17) is 0 Å². The Hall–Kier alpha value is -1.23. The molecule has 0 radical (unpaired) electrons. The van der Waals surface area contributed by atoms with E-state index >= 15 is 0 Å². The predicted molar refractivity (Wildman–Crippen MR) is 55.0 cm³/mol. The van der Waals surface area contributed by atoms with Crippen molar-refractivity contribution in [3.63, 3.8) is 0 Å². The summed E-state index contributed by atoms with van der Waals surface area (Å²) in [4.78, 5) is 16.1. The highest BCUT2D eigenvalue weighted by atomic mass is 32.1. The topological polar surface area (TPSA) is 47.3 Å². The molecule has 0 aliphatic rings. The first kappa shape index (κ1) is 9.33. The van der Waals surface area contributed by atoms with Gasteiger partial charge in [-0.25, -0.2) is 4.98 Å². The normalized spacial score (nSPS) is 11.0. The van der Waals surface area contributed by atoms with Gasteiger partial charge in [-0.15, -0.1) is 0 Å².